The van der Waals surface area contributed by atoms with Gasteiger partial charge < -0.3 is 10.2 Å². The van der Waals surface area contributed by atoms with E-state index in [1.54, 1.807) is 18.3 Å². The lowest BCUT2D eigenvalue weighted by Crippen LogP contribution is -2.44. The van der Waals surface area contributed by atoms with Crippen molar-refractivity contribution >= 4 is 24.0 Å². The van der Waals surface area contributed by atoms with Crippen LogP contribution in [0.25, 0.3) is 5.65 Å². The zero-order valence-electron chi connectivity index (χ0n) is 13.1. The van der Waals surface area contributed by atoms with Crippen LogP contribution in [0.15, 0.2) is 29.2 Å². The molecule has 7 nitrogen and oxygen atoms in total. The van der Waals surface area contributed by atoms with Crippen molar-refractivity contribution in [1.29, 1.82) is 0 Å². The second-order valence-electron chi connectivity index (χ2n) is 5.77. The summed E-state index contributed by atoms with van der Waals surface area (Å²) in [6, 6.07) is 5.35. The third-order valence-electron chi connectivity index (χ3n) is 4.14. The molecule has 0 aromatic carbocycles. The molecule has 0 bridgehead atoms. The van der Waals surface area contributed by atoms with Gasteiger partial charge in [-0.25, -0.2) is 9.48 Å². The Bertz CT molecular complexity index is 724. The summed E-state index contributed by atoms with van der Waals surface area (Å²) < 4.78 is 2.70. The predicted molar refractivity (Wildman–Crippen MR) is 89.9 cm³/mol. The molecule has 1 N–H and O–H groups in total. The molecule has 1 amide bonds. The molecule has 3 rings (SSSR count). The zero-order valence-corrected chi connectivity index (χ0v) is 14.0. The molecule has 0 radical (unpaired) electrons. The summed E-state index contributed by atoms with van der Waals surface area (Å²) in [5, 5.41) is 7.37. The van der Waals surface area contributed by atoms with Gasteiger partial charge in [0.25, 0.3) is 0 Å². The van der Waals surface area contributed by atoms with Gasteiger partial charge in [0.2, 0.25) is 5.91 Å². The Morgan fingerprint density at radius 2 is 2.26 bits per heavy atom. The van der Waals surface area contributed by atoms with E-state index in [-0.39, 0.29) is 30.5 Å². The van der Waals surface area contributed by atoms with Crippen molar-refractivity contribution in [3.8, 4) is 0 Å². The quantitative estimate of drug-likeness (QED) is 0.874. The number of halogens is 1. The minimum absolute atomic E-state index is 0. The predicted octanol–water partition coefficient (Wildman–Crippen LogP) is 0.376. The zero-order chi connectivity index (χ0) is 15.5. The first-order valence-electron chi connectivity index (χ1n) is 7.65. The van der Waals surface area contributed by atoms with Crippen LogP contribution in [0.5, 0.6) is 0 Å². The molecule has 1 atom stereocenters. The van der Waals surface area contributed by atoms with Gasteiger partial charge in [0.15, 0.2) is 5.65 Å². The number of fused-ring (bicyclic) bond motifs is 1. The van der Waals surface area contributed by atoms with Crippen molar-refractivity contribution in [1.82, 2.24) is 24.4 Å². The van der Waals surface area contributed by atoms with Gasteiger partial charge in [0.1, 0.15) is 6.54 Å². The molecule has 1 unspecified atom stereocenters. The molecule has 0 aliphatic carbocycles. The first-order valence-corrected chi connectivity index (χ1v) is 7.65. The van der Waals surface area contributed by atoms with Gasteiger partial charge in [-0.3, -0.25) is 9.20 Å². The van der Waals surface area contributed by atoms with Gasteiger partial charge in [0, 0.05) is 19.3 Å². The highest BCUT2D eigenvalue weighted by molar-refractivity contribution is 5.85. The maximum absolute atomic E-state index is 12.4. The van der Waals surface area contributed by atoms with Crippen LogP contribution >= 0.6 is 12.4 Å². The lowest BCUT2D eigenvalue weighted by atomic mass is 9.98. The lowest BCUT2D eigenvalue weighted by Gasteiger charge is -2.32. The van der Waals surface area contributed by atoms with Crippen LogP contribution in [0.3, 0.4) is 0 Å². The maximum Gasteiger partial charge on any atom is 0.350 e. The standard InChI is InChI=1S/C15H21N5O2.ClH/c1-16-9-12-5-4-7-18(10-12)14(21)11-20-15(22)19-8-3-2-6-13(19)17-20;/h2-3,6,8,12,16H,4-5,7,9-11H2,1H3;1H. The van der Waals surface area contributed by atoms with Crippen molar-refractivity contribution in [2.24, 2.45) is 5.92 Å². The number of piperidine rings is 1. The molecule has 1 aliphatic rings. The molecule has 23 heavy (non-hydrogen) atoms. The third-order valence-corrected chi connectivity index (χ3v) is 4.14. The topological polar surface area (TPSA) is 71.6 Å². The average molecular weight is 340 g/mol. The van der Waals surface area contributed by atoms with Gasteiger partial charge >= 0.3 is 5.69 Å². The van der Waals surface area contributed by atoms with E-state index in [4.69, 9.17) is 0 Å². The highest BCUT2D eigenvalue weighted by Crippen LogP contribution is 2.16. The molecule has 3 heterocycles. The molecule has 0 saturated carbocycles. The van der Waals surface area contributed by atoms with Crippen molar-refractivity contribution < 1.29 is 4.79 Å². The van der Waals surface area contributed by atoms with Gasteiger partial charge in [-0.15, -0.1) is 17.5 Å². The van der Waals surface area contributed by atoms with E-state index in [0.29, 0.717) is 11.6 Å². The van der Waals surface area contributed by atoms with E-state index in [1.165, 1.54) is 9.08 Å². The van der Waals surface area contributed by atoms with Crippen LogP contribution in [0, 0.1) is 5.92 Å². The number of amides is 1. The number of pyridine rings is 1. The minimum atomic E-state index is -0.271. The van der Waals surface area contributed by atoms with Crippen LogP contribution in [-0.4, -0.2) is 51.7 Å². The number of nitrogens with zero attached hydrogens (tertiary/aromatic N) is 4. The van der Waals surface area contributed by atoms with Crippen molar-refractivity contribution in [3.63, 3.8) is 0 Å². The van der Waals surface area contributed by atoms with E-state index in [2.05, 4.69) is 10.4 Å². The van der Waals surface area contributed by atoms with Crippen molar-refractivity contribution in [2.45, 2.75) is 19.4 Å². The van der Waals surface area contributed by atoms with Gasteiger partial charge in [-0.1, -0.05) is 6.07 Å². The summed E-state index contributed by atoms with van der Waals surface area (Å²) in [7, 11) is 1.93. The maximum atomic E-state index is 12.4. The molecule has 2 aromatic rings. The second kappa shape index (κ2) is 7.61. The molecular weight excluding hydrogens is 318 g/mol. The number of hydrogen-bond donors (Lipinski definition) is 1. The second-order valence-corrected chi connectivity index (χ2v) is 5.77. The molecule has 1 aliphatic heterocycles. The Balaban J connectivity index is 0.00000192. The molecule has 1 fully saturated rings. The Kier molecular flexibility index (Phi) is 5.79. The number of likely N-dealkylation sites (tertiary alicyclic amines) is 1. The summed E-state index contributed by atoms with van der Waals surface area (Å²) in [6.07, 6.45) is 3.81. The molecule has 0 spiro atoms. The fourth-order valence-corrected chi connectivity index (χ4v) is 3.05. The molecule has 8 heteroatoms. The van der Waals surface area contributed by atoms with E-state index >= 15 is 0 Å². The monoisotopic (exact) mass is 339 g/mol. The highest BCUT2D eigenvalue weighted by atomic mass is 35.5. The summed E-state index contributed by atoms with van der Waals surface area (Å²) in [6.45, 7) is 2.44. The fraction of sp³-hybridized carbons (Fsp3) is 0.533. The summed E-state index contributed by atoms with van der Waals surface area (Å²) in [4.78, 5) is 26.5. The molecule has 126 valence electrons. The van der Waals surface area contributed by atoms with Crippen LogP contribution in [0.4, 0.5) is 0 Å². The number of carbonyl (C=O) groups is 1. The lowest BCUT2D eigenvalue weighted by molar-refractivity contribution is -0.133. The van der Waals surface area contributed by atoms with Crippen LogP contribution < -0.4 is 11.0 Å². The van der Waals surface area contributed by atoms with Crippen LogP contribution in [0.2, 0.25) is 0 Å². The highest BCUT2D eigenvalue weighted by Gasteiger charge is 2.24. The number of carbonyl (C=O) groups excluding carboxylic acids is 1. The van der Waals surface area contributed by atoms with Crippen LogP contribution in [0.1, 0.15) is 12.8 Å². The first-order chi connectivity index (χ1) is 10.7. The molecular formula is C15H22ClN5O2. The van der Waals surface area contributed by atoms with E-state index < -0.39 is 0 Å². The average Bonchev–Trinajstić information content (AvgIpc) is 2.85. The smallest absolute Gasteiger partial charge is 0.341 e. The van der Waals surface area contributed by atoms with Crippen molar-refractivity contribution in [2.75, 3.05) is 26.7 Å². The summed E-state index contributed by atoms with van der Waals surface area (Å²) >= 11 is 0. The minimum Gasteiger partial charge on any atom is -0.341 e. The van der Waals surface area contributed by atoms with E-state index in [9.17, 15) is 9.59 Å². The molecule has 2 aromatic heterocycles. The van der Waals surface area contributed by atoms with Crippen molar-refractivity contribution in [3.05, 3.63) is 34.9 Å². The Labute approximate surface area is 140 Å². The number of rotatable bonds is 4. The first kappa shape index (κ1) is 17.5. The normalized spacial score (nSPS) is 18.0. The number of aromatic nitrogens is 3. The Morgan fingerprint density at radius 3 is 3.00 bits per heavy atom. The number of hydrogen-bond acceptors (Lipinski definition) is 4. The Morgan fingerprint density at radius 1 is 1.43 bits per heavy atom. The fourth-order valence-electron chi connectivity index (χ4n) is 3.05. The SMILES string of the molecule is CNCC1CCCN(C(=O)Cn2nc3ccccn3c2=O)C1.Cl. The summed E-state index contributed by atoms with van der Waals surface area (Å²) in [5.74, 6) is 0.451. The van der Waals surface area contributed by atoms with Gasteiger partial charge in [0.05, 0.1) is 0 Å². The van der Waals surface area contributed by atoms with Gasteiger partial charge in [-0.2, -0.15) is 0 Å². The van der Waals surface area contributed by atoms with Crippen LogP contribution in [-0.2, 0) is 11.3 Å². The Hall–Kier alpha value is -1.86. The summed E-state index contributed by atoms with van der Waals surface area (Å²) in [5.41, 5.74) is 0.291. The van der Waals surface area contributed by atoms with Gasteiger partial charge in [-0.05, 0) is 44.5 Å². The molecule has 1 saturated heterocycles. The van der Waals surface area contributed by atoms with E-state index in [0.717, 1.165) is 32.5 Å². The number of nitrogens with one attached hydrogen (secondary N) is 1. The largest absolute Gasteiger partial charge is 0.350 e. The van der Waals surface area contributed by atoms with E-state index in [1.807, 2.05) is 18.0 Å². The third kappa shape index (κ3) is 3.73.